The van der Waals surface area contributed by atoms with Gasteiger partial charge in [-0.3, -0.25) is 0 Å². The summed E-state index contributed by atoms with van der Waals surface area (Å²) in [7, 11) is 0. The summed E-state index contributed by atoms with van der Waals surface area (Å²) in [5, 5.41) is 12.3. The minimum Gasteiger partial charge on any atom is -0.507 e. The third-order valence-corrected chi connectivity index (χ3v) is 15.1. The van der Waals surface area contributed by atoms with E-state index in [9.17, 15) is 5.11 Å². The molecule has 61 heavy (non-hydrogen) atoms. The molecule has 0 heterocycles. The monoisotopic (exact) mass is 851 g/mol. The van der Waals surface area contributed by atoms with Crippen molar-refractivity contribution in [3.05, 3.63) is 28.8 Å². The summed E-state index contributed by atoms with van der Waals surface area (Å²) >= 11 is 0. The van der Waals surface area contributed by atoms with Crippen LogP contribution in [0.3, 0.4) is 0 Å². The number of hydrogen-bond acceptors (Lipinski definition) is 1. The Balaban J connectivity index is 2.79. The second kappa shape index (κ2) is 37.3. The Hall–Kier alpha value is -0.980. The Bertz CT molecular complexity index is 1050. The van der Waals surface area contributed by atoms with E-state index in [-0.39, 0.29) is 16.2 Å². The first kappa shape index (κ1) is 58.0. The SMILES string of the molecule is CCCCCCCCCCCCCCCC(C)(C)c1cc(C(C)(C)CCCCCCCCCCCCCCC)c(O)c(C(C)(C)CCCCCCCCCCCCCCC)c1. The normalized spacial score (nSPS) is 12.5. The van der Waals surface area contributed by atoms with E-state index in [0.29, 0.717) is 5.75 Å². The fraction of sp³-hybridized carbons (Fsp3) is 0.900. The lowest BCUT2D eigenvalue weighted by Gasteiger charge is -2.35. The lowest BCUT2D eigenvalue weighted by Crippen LogP contribution is -2.25. The first-order valence-electron chi connectivity index (χ1n) is 28.3. The highest BCUT2D eigenvalue weighted by Gasteiger charge is 2.33. The highest BCUT2D eigenvalue weighted by atomic mass is 16.3. The van der Waals surface area contributed by atoms with Gasteiger partial charge in [-0.15, -0.1) is 0 Å². The number of benzene rings is 1. The Labute approximate surface area is 386 Å². The molecule has 0 aliphatic heterocycles. The summed E-state index contributed by atoms with van der Waals surface area (Å²) in [5.74, 6) is 0.611. The Morgan fingerprint density at radius 1 is 0.279 bits per heavy atom. The summed E-state index contributed by atoms with van der Waals surface area (Å²) in [6.07, 6.45) is 58.1. The van der Waals surface area contributed by atoms with E-state index >= 15 is 0 Å². The molecule has 0 spiro atoms. The van der Waals surface area contributed by atoms with Gasteiger partial charge in [0.1, 0.15) is 5.75 Å². The van der Waals surface area contributed by atoms with Crippen molar-refractivity contribution in [2.45, 2.75) is 348 Å². The van der Waals surface area contributed by atoms with Gasteiger partial charge in [-0.05, 0) is 41.1 Å². The molecule has 0 saturated heterocycles. The van der Waals surface area contributed by atoms with Crippen molar-refractivity contribution in [2.75, 3.05) is 0 Å². The van der Waals surface area contributed by atoms with Crippen LogP contribution >= 0.6 is 0 Å². The molecule has 0 amide bonds. The predicted molar refractivity (Wildman–Crippen MR) is 278 cm³/mol. The standard InChI is InChI=1S/C60H114O/c1-10-13-16-19-22-25-28-31-34-37-40-43-46-49-58(4,5)54-52-55(59(6,7)50-47-44-41-38-35-32-29-26-23-20-17-14-11-2)57(61)56(53-54)60(8,9)51-48-45-42-39-36-33-30-27-24-21-18-15-12-3/h52-53,61H,10-51H2,1-9H3. The average Bonchev–Trinajstić information content (AvgIpc) is 3.22. The Kier molecular flexibility index (Phi) is 35.5. The zero-order valence-corrected chi connectivity index (χ0v) is 43.8. The molecule has 0 fully saturated rings. The van der Waals surface area contributed by atoms with E-state index in [1.807, 2.05) is 0 Å². The van der Waals surface area contributed by atoms with Gasteiger partial charge in [-0.2, -0.15) is 0 Å². The summed E-state index contributed by atoms with van der Waals surface area (Å²) in [6.45, 7) is 21.6. The number of rotatable bonds is 45. The lowest BCUT2D eigenvalue weighted by atomic mass is 9.70. The lowest BCUT2D eigenvalue weighted by molar-refractivity contribution is 0.373. The van der Waals surface area contributed by atoms with Crippen molar-refractivity contribution >= 4 is 0 Å². The molecule has 0 atom stereocenters. The van der Waals surface area contributed by atoms with Gasteiger partial charge in [-0.1, -0.05) is 325 Å². The molecule has 1 aromatic rings. The highest BCUT2D eigenvalue weighted by molar-refractivity contribution is 5.51. The van der Waals surface area contributed by atoms with Crippen LogP contribution in [0.1, 0.15) is 349 Å². The largest absolute Gasteiger partial charge is 0.507 e. The van der Waals surface area contributed by atoms with Crippen LogP contribution < -0.4 is 0 Å². The molecule has 360 valence electrons. The maximum absolute atomic E-state index is 12.3. The minimum atomic E-state index is -0.0379. The van der Waals surface area contributed by atoms with Crippen LogP contribution in [0.5, 0.6) is 5.75 Å². The molecule has 0 aliphatic rings. The second-order valence-electron chi connectivity index (χ2n) is 22.5. The van der Waals surface area contributed by atoms with Crippen LogP contribution in [0.2, 0.25) is 0 Å². The summed E-state index contributed by atoms with van der Waals surface area (Å²) < 4.78 is 0. The molecule has 0 unspecified atom stereocenters. The second-order valence-corrected chi connectivity index (χ2v) is 22.5. The average molecular weight is 852 g/mol. The van der Waals surface area contributed by atoms with Gasteiger partial charge in [0.15, 0.2) is 0 Å². The number of phenolic OH excluding ortho intramolecular Hbond substituents is 1. The fourth-order valence-corrected chi connectivity index (χ4v) is 10.2. The van der Waals surface area contributed by atoms with E-state index in [0.717, 1.165) is 12.8 Å². The molecule has 1 aromatic carbocycles. The third-order valence-electron chi connectivity index (χ3n) is 15.1. The molecule has 0 aromatic heterocycles. The molecule has 1 heteroatoms. The van der Waals surface area contributed by atoms with Gasteiger partial charge in [-0.25, -0.2) is 0 Å². The smallest absolute Gasteiger partial charge is 0.123 e. The first-order valence-corrected chi connectivity index (χ1v) is 28.3. The van der Waals surface area contributed by atoms with E-state index in [1.54, 1.807) is 0 Å². The van der Waals surface area contributed by atoms with Crippen molar-refractivity contribution in [1.82, 2.24) is 0 Å². The molecule has 1 rings (SSSR count). The molecule has 0 aliphatic carbocycles. The summed E-state index contributed by atoms with van der Waals surface area (Å²) in [4.78, 5) is 0. The van der Waals surface area contributed by atoms with Gasteiger partial charge >= 0.3 is 0 Å². The highest BCUT2D eigenvalue weighted by Crippen LogP contribution is 2.46. The van der Waals surface area contributed by atoms with Crippen LogP contribution in [-0.4, -0.2) is 5.11 Å². The Morgan fingerprint density at radius 2 is 0.459 bits per heavy atom. The van der Waals surface area contributed by atoms with Crippen molar-refractivity contribution in [1.29, 1.82) is 0 Å². The number of aromatic hydroxyl groups is 1. The Morgan fingerprint density at radius 3 is 0.672 bits per heavy atom. The van der Waals surface area contributed by atoms with Crippen molar-refractivity contribution in [3.63, 3.8) is 0 Å². The molecule has 1 N–H and O–H groups in total. The molecule has 0 saturated carbocycles. The van der Waals surface area contributed by atoms with E-state index < -0.39 is 0 Å². The molecular weight excluding hydrogens is 737 g/mol. The molecule has 1 nitrogen and oxygen atoms in total. The van der Waals surface area contributed by atoms with Crippen LogP contribution in [-0.2, 0) is 16.2 Å². The number of phenols is 1. The third kappa shape index (κ3) is 29.2. The number of hydrogen-bond donors (Lipinski definition) is 1. The fourth-order valence-electron chi connectivity index (χ4n) is 10.2. The van der Waals surface area contributed by atoms with E-state index in [1.165, 1.54) is 274 Å². The zero-order valence-electron chi connectivity index (χ0n) is 43.8. The van der Waals surface area contributed by atoms with Gasteiger partial charge in [0.05, 0.1) is 0 Å². The summed E-state index contributed by atoms with van der Waals surface area (Å²) in [5.41, 5.74) is 3.93. The van der Waals surface area contributed by atoms with Gasteiger partial charge in [0.25, 0.3) is 0 Å². The summed E-state index contributed by atoms with van der Waals surface area (Å²) in [6, 6.07) is 4.93. The molecule has 0 bridgehead atoms. The minimum absolute atomic E-state index is 0.0379. The van der Waals surface area contributed by atoms with Crippen LogP contribution in [0, 0.1) is 0 Å². The van der Waals surface area contributed by atoms with Crippen molar-refractivity contribution in [3.8, 4) is 5.75 Å². The maximum Gasteiger partial charge on any atom is 0.123 e. The van der Waals surface area contributed by atoms with Crippen molar-refractivity contribution in [2.24, 2.45) is 0 Å². The zero-order chi connectivity index (χ0) is 44.9. The predicted octanol–water partition coefficient (Wildman–Crippen LogP) is 21.7. The quantitative estimate of drug-likeness (QED) is 0.0648. The van der Waals surface area contributed by atoms with Crippen molar-refractivity contribution < 1.29 is 5.11 Å². The first-order chi connectivity index (χ1) is 29.4. The molecular formula is C60H114O. The molecule has 0 radical (unpaired) electrons. The van der Waals surface area contributed by atoms with Gasteiger partial charge in [0.2, 0.25) is 0 Å². The van der Waals surface area contributed by atoms with Gasteiger partial charge in [0, 0.05) is 11.1 Å². The van der Waals surface area contributed by atoms with Crippen LogP contribution in [0.4, 0.5) is 0 Å². The van der Waals surface area contributed by atoms with E-state index in [2.05, 4.69) is 74.4 Å². The number of unbranched alkanes of at least 4 members (excludes halogenated alkanes) is 36. The van der Waals surface area contributed by atoms with Gasteiger partial charge < -0.3 is 5.11 Å². The maximum atomic E-state index is 12.3. The van der Waals surface area contributed by atoms with E-state index in [4.69, 9.17) is 0 Å². The topological polar surface area (TPSA) is 20.2 Å². The van der Waals surface area contributed by atoms with Crippen LogP contribution in [0.15, 0.2) is 12.1 Å². The van der Waals surface area contributed by atoms with Crippen LogP contribution in [0.25, 0.3) is 0 Å².